The van der Waals surface area contributed by atoms with Crippen LogP contribution in [0.1, 0.15) is 27.2 Å². The van der Waals surface area contributed by atoms with E-state index >= 15 is 0 Å². The van der Waals surface area contributed by atoms with Gasteiger partial charge in [-0.1, -0.05) is 6.92 Å². The molecule has 0 aromatic rings. The van der Waals surface area contributed by atoms with Crippen molar-refractivity contribution in [2.24, 2.45) is 0 Å². The summed E-state index contributed by atoms with van der Waals surface area (Å²) in [6.07, 6.45) is 3.04. The van der Waals surface area contributed by atoms with Crippen LogP contribution < -0.4 is 0 Å². The zero-order chi connectivity index (χ0) is 11.7. The Labute approximate surface area is 97.8 Å². The third kappa shape index (κ3) is 5.42. The van der Waals surface area contributed by atoms with Crippen molar-refractivity contribution < 1.29 is 14.0 Å². The third-order valence-electron chi connectivity index (χ3n) is 2.84. The Kier molecular flexibility index (Phi) is 7.88. The van der Waals surface area contributed by atoms with Crippen LogP contribution in [0.15, 0.2) is 0 Å². The van der Waals surface area contributed by atoms with Gasteiger partial charge in [-0.25, -0.2) is 4.79 Å². The number of hydrogen-bond donors (Lipinski definition) is 0. The molecule has 0 unspecified atom stereocenters. The number of esters is 1. The number of quaternary nitrogens is 1. The fourth-order valence-electron chi connectivity index (χ4n) is 1.76. The van der Waals surface area contributed by atoms with Crippen LogP contribution in [-0.4, -0.2) is 48.8 Å². The van der Waals surface area contributed by atoms with Crippen LogP contribution >= 0.6 is 11.8 Å². The molecule has 0 radical (unpaired) electrons. The first-order valence-corrected chi connectivity index (χ1v) is 7.03. The summed E-state index contributed by atoms with van der Waals surface area (Å²) in [6.45, 7) is 10.0. The molecule has 0 aromatic carbocycles. The molecule has 0 spiro atoms. The van der Waals surface area contributed by atoms with E-state index in [4.69, 9.17) is 4.74 Å². The number of ether oxygens (including phenoxy) is 1. The second-order valence-corrected chi connectivity index (χ2v) is 4.59. The molecule has 3 nitrogen and oxygen atoms in total. The molecule has 0 saturated carbocycles. The minimum atomic E-state index is -0.0681. The molecule has 0 atom stereocenters. The first-order valence-electron chi connectivity index (χ1n) is 5.63. The van der Waals surface area contributed by atoms with Crippen molar-refractivity contribution >= 4 is 17.7 Å². The molecule has 0 aromatic heterocycles. The van der Waals surface area contributed by atoms with Gasteiger partial charge in [-0.15, -0.1) is 11.8 Å². The number of carbonyl (C=O) groups is 1. The van der Waals surface area contributed by atoms with Gasteiger partial charge >= 0.3 is 5.97 Å². The predicted octanol–water partition coefficient (Wildman–Crippen LogP) is 2.12. The van der Waals surface area contributed by atoms with Gasteiger partial charge < -0.3 is 9.22 Å². The molecular formula is C11H24NO2S+. The first kappa shape index (κ1) is 14.8. The number of rotatable bonds is 8. The average Bonchev–Trinajstić information content (AvgIpc) is 2.25. The van der Waals surface area contributed by atoms with Gasteiger partial charge in [0.05, 0.1) is 19.6 Å². The van der Waals surface area contributed by atoms with Crippen LogP contribution in [-0.2, 0) is 9.53 Å². The number of carbonyl (C=O) groups excluding carboxylic acids is 1. The van der Waals surface area contributed by atoms with E-state index in [-0.39, 0.29) is 5.97 Å². The minimum absolute atomic E-state index is 0.0681. The molecule has 4 heteroatoms. The van der Waals surface area contributed by atoms with Crippen LogP contribution in [0.5, 0.6) is 0 Å². The standard InChI is InChI=1S/C11H24NO2S/c1-5-8-12(6-2,7-3)9-11(13)14-10-15-4/h5-10H2,1-4H3/q+1. The van der Waals surface area contributed by atoms with Crippen LogP contribution in [0.25, 0.3) is 0 Å². The van der Waals surface area contributed by atoms with Crippen molar-refractivity contribution in [3.8, 4) is 0 Å². The fourth-order valence-corrected chi connectivity index (χ4v) is 2.01. The summed E-state index contributed by atoms with van der Waals surface area (Å²) in [4.78, 5) is 11.6. The Morgan fingerprint density at radius 2 is 1.87 bits per heavy atom. The van der Waals surface area contributed by atoms with E-state index in [1.807, 2.05) is 6.26 Å². The smallest absolute Gasteiger partial charge is 0.362 e. The maximum absolute atomic E-state index is 11.6. The lowest BCUT2D eigenvalue weighted by molar-refractivity contribution is -0.918. The van der Waals surface area contributed by atoms with Crippen molar-refractivity contribution in [1.29, 1.82) is 0 Å². The summed E-state index contributed by atoms with van der Waals surface area (Å²) in [6, 6.07) is 0. The molecule has 0 bridgehead atoms. The maximum atomic E-state index is 11.6. The number of thioether (sulfide) groups is 1. The number of likely N-dealkylation sites (N-methyl/N-ethyl adjacent to an activating group) is 1. The molecule has 0 N–H and O–H groups in total. The Bertz CT molecular complexity index is 181. The van der Waals surface area contributed by atoms with Crippen LogP contribution in [0.3, 0.4) is 0 Å². The summed E-state index contributed by atoms with van der Waals surface area (Å²) in [5, 5.41) is 0. The van der Waals surface area contributed by atoms with Gasteiger partial charge in [0.2, 0.25) is 0 Å². The van der Waals surface area contributed by atoms with Gasteiger partial charge in [0.1, 0.15) is 5.94 Å². The lowest BCUT2D eigenvalue weighted by Gasteiger charge is -2.35. The molecule has 0 heterocycles. The van der Waals surface area contributed by atoms with E-state index in [0.29, 0.717) is 12.5 Å². The summed E-state index contributed by atoms with van der Waals surface area (Å²) < 4.78 is 5.96. The molecule has 0 aliphatic rings. The zero-order valence-corrected chi connectivity index (χ0v) is 11.2. The first-order chi connectivity index (χ1) is 7.14. The topological polar surface area (TPSA) is 26.3 Å². The van der Waals surface area contributed by atoms with Crippen molar-refractivity contribution in [1.82, 2.24) is 0 Å². The van der Waals surface area contributed by atoms with Crippen molar-refractivity contribution in [2.75, 3.05) is 38.4 Å². The lowest BCUT2D eigenvalue weighted by atomic mass is 10.3. The highest BCUT2D eigenvalue weighted by Crippen LogP contribution is 2.08. The monoisotopic (exact) mass is 234 g/mol. The normalized spacial score (nSPS) is 11.5. The zero-order valence-electron chi connectivity index (χ0n) is 10.4. The fraction of sp³-hybridized carbons (Fsp3) is 0.909. The number of hydrogen-bond acceptors (Lipinski definition) is 3. The Morgan fingerprint density at radius 3 is 2.27 bits per heavy atom. The Hall–Kier alpha value is -0.220. The van der Waals surface area contributed by atoms with E-state index in [0.717, 1.165) is 30.5 Å². The van der Waals surface area contributed by atoms with Gasteiger partial charge in [0.25, 0.3) is 0 Å². The largest absolute Gasteiger partial charge is 0.450 e. The second kappa shape index (κ2) is 7.99. The Morgan fingerprint density at radius 1 is 1.27 bits per heavy atom. The molecule has 90 valence electrons. The molecule has 0 aliphatic heterocycles. The van der Waals surface area contributed by atoms with Crippen molar-refractivity contribution in [3.05, 3.63) is 0 Å². The highest BCUT2D eigenvalue weighted by molar-refractivity contribution is 7.98. The van der Waals surface area contributed by atoms with Gasteiger partial charge in [-0.05, 0) is 26.5 Å². The predicted molar refractivity (Wildman–Crippen MR) is 65.8 cm³/mol. The van der Waals surface area contributed by atoms with Crippen molar-refractivity contribution in [2.45, 2.75) is 27.2 Å². The van der Waals surface area contributed by atoms with E-state index < -0.39 is 0 Å². The van der Waals surface area contributed by atoms with E-state index in [1.54, 1.807) is 0 Å². The summed E-state index contributed by atoms with van der Waals surface area (Å²) in [5.74, 6) is 0.403. The second-order valence-electron chi connectivity index (χ2n) is 3.78. The Balaban J connectivity index is 4.19. The molecule has 0 rings (SSSR count). The van der Waals surface area contributed by atoms with E-state index in [9.17, 15) is 4.79 Å². The highest BCUT2D eigenvalue weighted by Gasteiger charge is 2.26. The quantitative estimate of drug-likeness (QED) is 0.365. The van der Waals surface area contributed by atoms with E-state index in [1.165, 1.54) is 11.8 Å². The minimum Gasteiger partial charge on any atom is -0.450 e. The molecule has 0 aliphatic carbocycles. The maximum Gasteiger partial charge on any atom is 0.362 e. The van der Waals surface area contributed by atoms with Gasteiger partial charge in [-0.3, -0.25) is 0 Å². The SMILES string of the molecule is CCC[N+](CC)(CC)CC(=O)OCSC. The summed E-state index contributed by atoms with van der Waals surface area (Å²) >= 11 is 1.53. The molecule has 0 fully saturated rings. The highest BCUT2D eigenvalue weighted by atomic mass is 32.2. The van der Waals surface area contributed by atoms with Crippen LogP contribution in [0.4, 0.5) is 0 Å². The molecule has 15 heavy (non-hydrogen) atoms. The van der Waals surface area contributed by atoms with Crippen LogP contribution in [0.2, 0.25) is 0 Å². The van der Waals surface area contributed by atoms with Crippen LogP contribution in [0, 0.1) is 0 Å². The number of nitrogens with zero attached hydrogens (tertiary/aromatic N) is 1. The van der Waals surface area contributed by atoms with Gasteiger partial charge in [0.15, 0.2) is 6.54 Å². The van der Waals surface area contributed by atoms with Crippen molar-refractivity contribution in [3.63, 3.8) is 0 Å². The van der Waals surface area contributed by atoms with E-state index in [2.05, 4.69) is 20.8 Å². The lowest BCUT2D eigenvalue weighted by Crippen LogP contribution is -2.51. The average molecular weight is 234 g/mol. The summed E-state index contributed by atoms with van der Waals surface area (Å²) in [7, 11) is 0. The van der Waals surface area contributed by atoms with Gasteiger partial charge in [0, 0.05) is 0 Å². The molecule has 0 saturated heterocycles. The third-order valence-corrected chi connectivity index (χ3v) is 3.20. The molecular weight excluding hydrogens is 210 g/mol. The molecule has 0 amide bonds. The summed E-state index contributed by atoms with van der Waals surface area (Å²) in [5.41, 5.74) is 0. The van der Waals surface area contributed by atoms with Gasteiger partial charge in [-0.2, -0.15) is 0 Å².